The summed E-state index contributed by atoms with van der Waals surface area (Å²) in [7, 11) is -3.46. The lowest BCUT2D eigenvalue weighted by atomic mass is 10.3. The van der Waals surface area contributed by atoms with Crippen LogP contribution in [0.5, 0.6) is 0 Å². The van der Waals surface area contributed by atoms with Crippen LogP contribution >= 0.6 is 10.8 Å². The SMILES string of the molecule is O=C1CCC(=O)N1CCCCNCCSS(=O)(=O)O. The molecule has 0 bridgehead atoms. The lowest BCUT2D eigenvalue weighted by molar-refractivity contribution is -0.138. The third kappa shape index (κ3) is 6.90. The van der Waals surface area contributed by atoms with Crippen molar-refractivity contribution in [3.8, 4) is 0 Å². The molecular weight excluding hydrogens is 292 g/mol. The van der Waals surface area contributed by atoms with Gasteiger partial charge in [-0.2, -0.15) is 8.42 Å². The van der Waals surface area contributed by atoms with E-state index in [4.69, 9.17) is 4.55 Å². The highest BCUT2D eigenvalue weighted by Crippen LogP contribution is 2.12. The molecule has 7 nitrogen and oxygen atoms in total. The molecule has 9 heteroatoms. The van der Waals surface area contributed by atoms with E-state index in [2.05, 4.69) is 5.32 Å². The van der Waals surface area contributed by atoms with E-state index in [0.717, 1.165) is 12.8 Å². The molecule has 1 heterocycles. The fraction of sp³-hybridized carbons (Fsp3) is 0.800. The maximum atomic E-state index is 11.3. The van der Waals surface area contributed by atoms with Gasteiger partial charge in [0, 0.05) is 31.7 Å². The highest BCUT2D eigenvalue weighted by atomic mass is 33.1. The zero-order valence-electron chi connectivity index (χ0n) is 10.5. The van der Waals surface area contributed by atoms with Crippen molar-refractivity contribution in [1.29, 1.82) is 0 Å². The van der Waals surface area contributed by atoms with Gasteiger partial charge in [-0.25, -0.2) is 0 Å². The first kappa shape index (κ1) is 16.4. The van der Waals surface area contributed by atoms with Gasteiger partial charge in [0.25, 0.3) is 0 Å². The summed E-state index contributed by atoms with van der Waals surface area (Å²) in [6, 6.07) is 0. The van der Waals surface area contributed by atoms with E-state index in [1.54, 1.807) is 0 Å². The fourth-order valence-corrected chi connectivity index (χ4v) is 3.06. The second-order valence-corrected chi connectivity index (χ2v) is 7.62. The minimum absolute atomic E-state index is 0.0949. The molecule has 1 fully saturated rings. The Balaban J connectivity index is 1.97. The smallest absolute Gasteiger partial charge is 0.316 e. The number of rotatable bonds is 9. The molecule has 2 amide bonds. The van der Waals surface area contributed by atoms with Crippen molar-refractivity contribution in [3.05, 3.63) is 0 Å². The van der Waals surface area contributed by atoms with E-state index in [9.17, 15) is 18.0 Å². The number of likely N-dealkylation sites (tertiary alicyclic amines) is 1. The fourth-order valence-electron chi connectivity index (χ4n) is 1.74. The minimum atomic E-state index is -3.95. The van der Waals surface area contributed by atoms with E-state index in [1.807, 2.05) is 0 Å². The molecule has 1 aliphatic rings. The number of hydrogen-bond donors (Lipinski definition) is 2. The van der Waals surface area contributed by atoms with Crippen LogP contribution in [-0.4, -0.2) is 55.1 Å². The molecule has 2 N–H and O–H groups in total. The number of hydrogen-bond acceptors (Lipinski definition) is 6. The van der Waals surface area contributed by atoms with Crippen LogP contribution in [0.4, 0.5) is 0 Å². The molecule has 1 saturated heterocycles. The second kappa shape index (κ2) is 7.83. The number of carbonyl (C=O) groups is 2. The largest absolute Gasteiger partial charge is 0.319 e. The van der Waals surface area contributed by atoms with Gasteiger partial charge in [-0.3, -0.25) is 19.0 Å². The Morgan fingerprint density at radius 2 is 1.79 bits per heavy atom. The number of amides is 2. The van der Waals surface area contributed by atoms with E-state index < -0.39 is 9.15 Å². The molecule has 0 aromatic heterocycles. The number of nitrogens with zero attached hydrogens (tertiary/aromatic N) is 1. The van der Waals surface area contributed by atoms with Crippen LogP contribution in [0, 0.1) is 0 Å². The van der Waals surface area contributed by atoms with Gasteiger partial charge in [0.05, 0.1) is 0 Å². The van der Waals surface area contributed by atoms with Crippen molar-refractivity contribution in [1.82, 2.24) is 10.2 Å². The van der Waals surface area contributed by atoms with Crippen LogP contribution in [0.1, 0.15) is 25.7 Å². The molecule has 110 valence electrons. The highest BCUT2D eigenvalue weighted by molar-refractivity contribution is 8.69. The quantitative estimate of drug-likeness (QED) is 0.268. The van der Waals surface area contributed by atoms with Gasteiger partial charge in [0.2, 0.25) is 11.8 Å². The number of carbonyl (C=O) groups excluding carboxylic acids is 2. The van der Waals surface area contributed by atoms with Crippen LogP contribution in [0.2, 0.25) is 0 Å². The normalized spacial score (nSPS) is 16.4. The van der Waals surface area contributed by atoms with Crippen molar-refractivity contribution in [2.24, 2.45) is 0 Å². The Labute approximate surface area is 116 Å². The Morgan fingerprint density at radius 3 is 2.37 bits per heavy atom. The zero-order chi connectivity index (χ0) is 14.3. The van der Waals surface area contributed by atoms with Crippen LogP contribution in [0.15, 0.2) is 0 Å². The Morgan fingerprint density at radius 1 is 1.16 bits per heavy atom. The topological polar surface area (TPSA) is 104 Å². The molecule has 19 heavy (non-hydrogen) atoms. The molecule has 0 saturated carbocycles. The lowest BCUT2D eigenvalue weighted by Crippen LogP contribution is -2.30. The number of nitrogens with one attached hydrogen (secondary N) is 1. The number of imide groups is 1. The third-order valence-electron chi connectivity index (χ3n) is 2.65. The summed E-state index contributed by atoms with van der Waals surface area (Å²) in [6.07, 6.45) is 2.18. The molecule has 0 aromatic carbocycles. The van der Waals surface area contributed by atoms with Crippen LogP contribution < -0.4 is 5.32 Å². The summed E-state index contributed by atoms with van der Waals surface area (Å²) in [5, 5.41) is 3.02. The monoisotopic (exact) mass is 310 g/mol. The van der Waals surface area contributed by atoms with Gasteiger partial charge in [0.1, 0.15) is 0 Å². The summed E-state index contributed by atoms with van der Waals surface area (Å²) in [5.41, 5.74) is 0. The highest BCUT2D eigenvalue weighted by Gasteiger charge is 2.27. The molecule has 0 unspecified atom stereocenters. The predicted octanol–water partition coefficient (Wildman–Crippen LogP) is 0.0412. The van der Waals surface area contributed by atoms with E-state index in [-0.39, 0.29) is 17.6 Å². The molecule has 0 aliphatic carbocycles. The van der Waals surface area contributed by atoms with Crippen LogP contribution in [0.3, 0.4) is 0 Å². The van der Waals surface area contributed by atoms with E-state index >= 15 is 0 Å². The van der Waals surface area contributed by atoms with Gasteiger partial charge in [-0.15, -0.1) is 0 Å². The molecule has 0 atom stereocenters. The standard InChI is InChI=1S/C10H18N2O5S2/c13-9-3-4-10(14)12(9)7-2-1-5-11-6-8-18-19(15,16)17/h11H,1-8H2,(H,15,16,17). The van der Waals surface area contributed by atoms with Crippen molar-refractivity contribution in [3.63, 3.8) is 0 Å². The molecule has 1 rings (SSSR count). The first-order valence-electron chi connectivity index (χ1n) is 6.06. The van der Waals surface area contributed by atoms with E-state index in [0.29, 0.717) is 43.3 Å². The maximum Gasteiger partial charge on any atom is 0.319 e. The molecule has 0 spiro atoms. The summed E-state index contributed by atoms with van der Waals surface area (Å²) >= 11 is 0. The number of unbranched alkanes of at least 4 members (excludes halogenated alkanes) is 1. The molecule has 0 radical (unpaired) electrons. The summed E-state index contributed by atoms with van der Waals surface area (Å²) in [6.45, 7) is 1.62. The van der Waals surface area contributed by atoms with Gasteiger partial charge >= 0.3 is 9.15 Å². The first-order valence-corrected chi connectivity index (χ1v) is 9.00. The van der Waals surface area contributed by atoms with Crippen LogP contribution in [0.25, 0.3) is 0 Å². The lowest BCUT2D eigenvalue weighted by Gasteiger charge is -2.13. The van der Waals surface area contributed by atoms with Gasteiger partial charge in [-0.05, 0) is 30.2 Å². The summed E-state index contributed by atoms with van der Waals surface area (Å²) in [4.78, 5) is 23.9. The van der Waals surface area contributed by atoms with Gasteiger partial charge < -0.3 is 5.32 Å². The zero-order valence-corrected chi connectivity index (χ0v) is 12.1. The third-order valence-corrected chi connectivity index (χ3v) is 4.71. The predicted molar refractivity (Wildman–Crippen MR) is 72.1 cm³/mol. The molecule has 0 aromatic rings. The van der Waals surface area contributed by atoms with Gasteiger partial charge in [-0.1, -0.05) is 0 Å². The van der Waals surface area contributed by atoms with Gasteiger partial charge in [0.15, 0.2) is 0 Å². The summed E-state index contributed by atoms with van der Waals surface area (Å²) < 4.78 is 29.3. The average Bonchev–Trinajstić information content (AvgIpc) is 2.62. The van der Waals surface area contributed by atoms with Crippen molar-refractivity contribution >= 4 is 31.8 Å². The Kier molecular flexibility index (Phi) is 6.76. The molecular formula is C10H18N2O5S2. The minimum Gasteiger partial charge on any atom is -0.316 e. The average molecular weight is 310 g/mol. The Bertz CT molecular complexity index is 408. The van der Waals surface area contributed by atoms with Crippen LogP contribution in [-0.2, 0) is 18.7 Å². The van der Waals surface area contributed by atoms with Crippen molar-refractivity contribution in [2.75, 3.05) is 25.4 Å². The van der Waals surface area contributed by atoms with Crippen molar-refractivity contribution in [2.45, 2.75) is 25.7 Å². The van der Waals surface area contributed by atoms with Crippen molar-refractivity contribution < 1.29 is 22.6 Å². The first-order chi connectivity index (χ1) is 8.90. The Hall–Kier alpha value is -0.640. The van der Waals surface area contributed by atoms with E-state index in [1.165, 1.54) is 4.90 Å². The summed E-state index contributed by atoms with van der Waals surface area (Å²) in [5.74, 6) is 0.0899. The molecule has 1 aliphatic heterocycles. The second-order valence-electron chi connectivity index (χ2n) is 4.15. The maximum absolute atomic E-state index is 11.3.